The van der Waals surface area contributed by atoms with Crippen LogP contribution in [-0.2, 0) is 11.2 Å². The van der Waals surface area contributed by atoms with E-state index in [9.17, 15) is 9.90 Å². The molecule has 0 spiro atoms. The van der Waals surface area contributed by atoms with E-state index < -0.39 is 5.60 Å². The molecule has 1 aromatic carbocycles. The number of carbonyl (C=O) groups is 1. The van der Waals surface area contributed by atoms with Crippen LogP contribution in [0.15, 0.2) is 18.2 Å². The minimum atomic E-state index is -0.570. The largest absolute Gasteiger partial charge is 0.492 e. The van der Waals surface area contributed by atoms with Crippen LogP contribution < -0.4 is 10.5 Å². The van der Waals surface area contributed by atoms with Gasteiger partial charge in [0.05, 0.1) is 5.60 Å². The van der Waals surface area contributed by atoms with Crippen molar-refractivity contribution in [1.29, 1.82) is 0 Å². The maximum atomic E-state index is 12.9. The van der Waals surface area contributed by atoms with Gasteiger partial charge in [0.25, 0.3) is 0 Å². The predicted octanol–water partition coefficient (Wildman–Crippen LogP) is 2.76. The molecule has 1 unspecified atom stereocenters. The lowest BCUT2D eigenvalue weighted by atomic mass is 9.83. The monoisotopic (exact) mass is 380 g/mol. The maximum Gasteiger partial charge on any atom is 0.226 e. The van der Waals surface area contributed by atoms with Gasteiger partial charge in [-0.3, -0.25) is 4.79 Å². The Morgan fingerprint density at radius 3 is 2.73 bits per heavy atom. The number of nitrogens with two attached hydrogens (primary N) is 1. The van der Waals surface area contributed by atoms with E-state index in [0.717, 1.165) is 44.2 Å². The Morgan fingerprint density at radius 1 is 1.35 bits per heavy atom. The summed E-state index contributed by atoms with van der Waals surface area (Å²) in [7, 11) is 0. The molecule has 0 radical (unpaired) electrons. The molecule has 1 saturated carbocycles. The quantitative estimate of drug-likeness (QED) is 0.795. The minimum Gasteiger partial charge on any atom is -0.492 e. The summed E-state index contributed by atoms with van der Waals surface area (Å²) < 4.78 is 5.49. The topological polar surface area (TPSA) is 75.8 Å². The van der Waals surface area contributed by atoms with E-state index in [1.807, 2.05) is 24.0 Å². The molecule has 144 valence electrons. The van der Waals surface area contributed by atoms with E-state index in [2.05, 4.69) is 0 Å². The van der Waals surface area contributed by atoms with E-state index in [4.69, 9.17) is 22.1 Å². The molecular weight excluding hydrogens is 352 g/mol. The van der Waals surface area contributed by atoms with Crippen LogP contribution in [0.3, 0.4) is 0 Å². The van der Waals surface area contributed by atoms with Crippen LogP contribution in [-0.4, -0.2) is 47.3 Å². The number of rotatable bonds is 6. The van der Waals surface area contributed by atoms with Crippen LogP contribution in [0, 0.1) is 5.92 Å². The zero-order valence-corrected chi connectivity index (χ0v) is 16.2. The first-order valence-corrected chi connectivity index (χ1v) is 9.91. The molecule has 1 atom stereocenters. The molecule has 1 amide bonds. The molecule has 3 rings (SSSR count). The fraction of sp³-hybridized carbons (Fsp3) is 0.650. The summed E-state index contributed by atoms with van der Waals surface area (Å²) in [5.41, 5.74) is 5.86. The highest BCUT2D eigenvalue weighted by Gasteiger charge is 2.39. The first kappa shape index (κ1) is 19.5. The fourth-order valence-corrected chi connectivity index (χ4v) is 4.32. The average Bonchev–Trinajstić information content (AvgIpc) is 2.96. The number of amides is 1. The molecule has 3 N–H and O–H groups in total. The Bertz CT molecular complexity index is 640. The molecule has 5 nitrogen and oxygen atoms in total. The highest BCUT2D eigenvalue weighted by molar-refractivity contribution is 6.31. The third-order valence-corrected chi connectivity index (χ3v) is 6.05. The first-order chi connectivity index (χ1) is 12.4. The SMILES string of the molecule is CC1(O)CCC(N2CCC(Cc3ccc(OCCN)cc3Cl)C2=O)CC1. The Balaban J connectivity index is 1.59. The Hall–Kier alpha value is -1.30. The van der Waals surface area contributed by atoms with Gasteiger partial charge in [-0.2, -0.15) is 0 Å². The highest BCUT2D eigenvalue weighted by atomic mass is 35.5. The molecule has 1 aliphatic heterocycles. The number of hydrogen-bond donors (Lipinski definition) is 2. The zero-order chi connectivity index (χ0) is 18.7. The Labute approximate surface area is 160 Å². The van der Waals surface area contributed by atoms with Gasteiger partial charge in [-0.05, 0) is 63.1 Å². The zero-order valence-electron chi connectivity index (χ0n) is 15.4. The molecule has 0 bridgehead atoms. The molecule has 2 fully saturated rings. The van der Waals surface area contributed by atoms with Gasteiger partial charge in [-0.1, -0.05) is 17.7 Å². The fourth-order valence-electron chi connectivity index (χ4n) is 4.08. The van der Waals surface area contributed by atoms with Gasteiger partial charge >= 0.3 is 0 Å². The van der Waals surface area contributed by atoms with Gasteiger partial charge < -0.3 is 20.5 Å². The Kier molecular flexibility index (Phi) is 6.10. The van der Waals surface area contributed by atoms with E-state index in [1.165, 1.54) is 0 Å². The van der Waals surface area contributed by atoms with E-state index in [1.54, 1.807) is 6.07 Å². The molecule has 1 heterocycles. The van der Waals surface area contributed by atoms with Crippen molar-refractivity contribution in [2.45, 2.75) is 57.1 Å². The smallest absolute Gasteiger partial charge is 0.226 e. The van der Waals surface area contributed by atoms with E-state index >= 15 is 0 Å². The van der Waals surface area contributed by atoms with Gasteiger partial charge in [0, 0.05) is 30.1 Å². The summed E-state index contributed by atoms with van der Waals surface area (Å²) in [4.78, 5) is 14.9. The molecule has 1 aromatic rings. The van der Waals surface area contributed by atoms with Crippen LogP contribution in [0.25, 0.3) is 0 Å². The van der Waals surface area contributed by atoms with Gasteiger partial charge in [0.1, 0.15) is 12.4 Å². The van der Waals surface area contributed by atoms with Crippen molar-refractivity contribution in [2.75, 3.05) is 19.7 Å². The van der Waals surface area contributed by atoms with Crippen molar-refractivity contribution in [3.05, 3.63) is 28.8 Å². The van der Waals surface area contributed by atoms with Gasteiger partial charge in [-0.15, -0.1) is 0 Å². The second-order valence-electron chi connectivity index (χ2n) is 7.84. The van der Waals surface area contributed by atoms with Gasteiger partial charge in [0.2, 0.25) is 5.91 Å². The number of halogens is 1. The highest BCUT2D eigenvalue weighted by Crippen LogP contribution is 2.35. The maximum absolute atomic E-state index is 12.9. The third kappa shape index (κ3) is 4.51. The number of carbonyl (C=O) groups excluding carboxylic acids is 1. The lowest BCUT2D eigenvalue weighted by molar-refractivity contribution is -0.134. The normalized spacial score (nSPS) is 29.2. The molecule has 1 aliphatic carbocycles. The molecule has 2 aliphatic rings. The van der Waals surface area contributed by atoms with Crippen molar-refractivity contribution in [3.63, 3.8) is 0 Å². The summed E-state index contributed by atoms with van der Waals surface area (Å²) in [6, 6.07) is 5.90. The predicted molar refractivity (Wildman–Crippen MR) is 102 cm³/mol. The third-order valence-electron chi connectivity index (χ3n) is 5.70. The summed E-state index contributed by atoms with van der Waals surface area (Å²) >= 11 is 6.39. The number of hydrogen-bond acceptors (Lipinski definition) is 4. The van der Waals surface area contributed by atoms with Crippen molar-refractivity contribution in [1.82, 2.24) is 4.90 Å². The van der Waals surface area contributed by atoms with Crippen molar-refractivity contribution < 1.29 is 14.6 Å². The van der Waals surface area contributed by atoms with Crippen molar-refractivity contribution in [3.8, 4) is 5.75 Å². The molecular formula is C20H29ClN2O3. The summed E-state index contributed by atoms with van der Waals surface area (Å²) in [5, 5.41) is 10.8. The Morgan fingerprint density at radius 2 is 2.08 bits per heavy atom. The van der Waals surface area contributed by atoms with Crippen LogP contribution in [0.1, 0.15) is 44.6 Å². The molecule has 1 saturated heterocycles. The van der Waals surface area contributed by atoms with Crippen LogP contribution in [0.5, 0.6) is 5.75 Å². The summed E-state index contributed by atoms with van der Waals surface area (Å²) in [5.74, 6) is 0.930. The molecule has 6 heteroatoms. The van der Waals surface area contributed by atoms with Crippen molar-refractivity contribution in [2.24, 2.45) is 11.7 Å². The number of ether oxygens (including phenoxy) is 1. The van der Waals surface area contributed by atoms with Gasteiger partial charge in [-0.25, -0.2) is 0 Å². The van der Waals surface area contributed by atoms with Gasteiger partial charge in [0.15, 0.2) is 0 Å². The van der Waals surface area contributed by atoms with Crippen LogP contribution in [0.4, 0.5) is 0 Å². The lowest BCUT2D eigenvalue weighted by Gasteiger charge is -2.37. The van der Waals surface area contributed by atoms with Crippen LogP contribution >= 0.6 is 11.6 Å². The summed E-state index contributed by atoms with van der Waals surface area (Å²) in [6.07, 6.45) is 4.84. The van der Waals surface area contributed by atoms with E-state index in [0.29, 0.717) is 30.3 Å². The summed E-state index contributed by atoms with van der Waals surface area (Å²) in [6.45, 7) is 3.62. The lowest BCUT2D eigenvalue weighted by Crippen LogP contribution is -2.43. The standard InChI is InChI=1S/C20H29ClN2O3/c1-20(25)7-4-16(5-8-20)23-10-6-15(19(23)24)12-14-2-3-17(13-18(14)21)26-11-9-22/h2-3,13,15-16,25H,4-12,22H2,1H3. The number of nitrogens with zero attached hydrogens (tertiary/aromatic N) is 1. The minimum absolute atomic E-state index is 0.00857. The second-order valence-corrected chi connectivity index (χ2v) is 8.25. The van der Waals surface area contributed by atoms with Crippen LogP contribution in [0.2, 0.25) is 5.02 Å². The van der Waals surface area contributed by atoms with E-state index in [-0.39, 0.29) is 17.9 Å². The average molecular weight is 381 g/mol. The first-order valence-electron chi connectivity index (χ1n) is 9.54. The second kappa shape index (κ2) is 8.15. The molecule has 26 heavy (non-hydrogen) atoms. The van der Waals surface area contributed by atoms with Crippen molar-refractivity contribution >= 4 is 17.5 Å². The number of likely N-dealkylation sites (tertiary alicyclic amines) is 1. The number of benzene rings is 1. The number of aliphatic hydroxyl groups is 1. The molecule has 0 aromatic heterocycles.